The minimum atomic E-state index is -0.593. The Morgan fingerprint density at radius 1 is 0.576 bits per heavy atom. The first kappa shape index (κ1) is 43.8. The molecule has 59 heavy (non-hydrogen) atoms. The molecule has 0 heterocycles. The number of hydrogen-bond donors (Lipinski definition) is 3. The molecule has 1 aliphatic rings. The van der Waals surface area contributed by atoms with E-state index in [0.29, 0.717) is 57.3 Å². The van der Waals surface area contributed by atoms with Crippen LogP contribution in [0.3, 0.4) is 0 Å². The smallest absolute Gasteiger partial charge is 0.341 e. The molecule has 0 aromatic heterocycles. The number of nitrogens with two attached hydrogens (primary N) is 3. The monoisotopic (exact) mass is 801 g/mol. The zero-order valence-corrected chi connectivity index (χ0v) is 33.9. The van der Waals surface area contributed by atoms with Crippen LogP contribution in [0.2, 0.25) is 0 Å². The maximum absolute atomic E-state index is 12.3. The predicted octanol–water partition coefficient (Wildman–Crippen LogP) is 9.67. The number of aryl methyl sites for hydroxylation is 1. The van der Waals surface area contributed by atoms with Gasteiger partial charge >= 0.3 is 11.9 Å². The number of rotatable bonds is 17. The third-order valence-corrected chi connectivity index (χ3v) is 9.91. The lowest BCUT2D eigenvalue weighted by Crippen LogP contribution is -2.21. The maximum Gasteiger partial charge on any atom is 0.341 e. The molecule has 0 radical (unpaired) electrons. The zero-order chi connectivity index (χ0) is 42.0. The van der Waals surface area contributed by atoms with Gasteiger partial charge in [-0.3, -0.25) is 4.79 Å². The zero-order valence-electron chi connectivity index (χ0n) is 33.9. The molecule has 1 aliphatic carbocycles. The van der Waals surface area contributed by atoms with Crippen LogP contribution in [0.1, 0.15) is 112 Å². The van der Waals surface area contributed by atoms with E-state index in [2.05, 4.69) is 19.1 Å². The van der Waals surface area contributed by atoms with Crippen LogP contribution in [0.4, 0.5) is 17.1 Å². The Bertz CT molecular complexity index is 2060. The van der Waals surface area contributed by atoms with E-state index in [0.717, 1.165) is 37.9 Å². The SMILES string of the molecule is CCCCCCOC1CCC(c2ccc(OCOC(=O)c3cc(C)cc(N)c3)cc2)CC1.Nc1cc(N)cc(C(=O)OCOc2ccc(C(=O)c3ccccc3)cc2)c1. The summed E-state index contributed by atoms with van der Waals surface area (Å²) in [5.41, 5.74) is 22.5. The lowest BCUT2D eigenvalue weighted by Gasteiger charge is -2.29. The van der Waals surface area contributed by atoms with Gasteiger partial charge in [-0.2, -0.15) is 0 Å². The van der Waals surface area contributed by atoms with Gasteiger partial charge in [0, 0.05) is 34.8 Å². The van der Waals surface area contributed by atoms with Crippen LogP contribution in [0.5, 0.6) is 11.5 Å². The third kappa shape index (κ3) is 14.2. The standard InChI is InChI=1S/C27H37NO4.C21H18N2O4/c1-3-4-5-6-15-30-25-11-7-21(8-12-25)22-9-13-26(14-10-22)31-19-32-27(29)23-16-20(2)17-24(28)18-23;22-17-10-16(11-18(23)12-17)21(25)27-13-26-19-8-6-15(7-9-19)20(24)14-4-2-1-3-5-14/h9-10,13-14,16-18,21,25H,3-8,11-12,15,19,28H2,1-2H3;1-12H,13,22-23H2. The molecule has 0 spiro atoms. The van der Waals surface area contributed by atoms with Gasteiger partial charge in [0.1, 0.15) is 11.5 Å². The van der Waals surface area contributed by atoms with E-state index < -0.39 is 11.9 Å². The van der Waals surface area contributed by atoms with Gasteiger partial charge in [0.25, 0.3) is 0 Å². The number of esters is 2. The Morgan fingerprint density at radius 2 is 1.10 bits per heavy atom. The second kappa shape index (κ2) is 22.6. The van der Waals surface area contributed by atoms with Gasteiger partial charge < -0.3 is 40.9 Å². The van der Waals surface area contributed by atoms with Crippen molar-refractivity contribution < 1.29 is 38.1 Å². The second-order valence-corrected chi connectivity index (χ2v) is 14.6. The largest absolute Gasteiger partial charge is 0.457 e. The highest BCUT2D eigenvalue weighted by Crippen LogP contribution is 2.35. The molecule has 1 saturated carbocycles. The van der Waals surface area contributed by atoms with Crippen molar-refractivity contribution in [2.45, 2.75) is 77.2 Å². The van der Waals surface area contributed by atoms with Crippen molar-refractivity contribution in [1.29, 1.82) is 0 Å². The summed E-state index contributed by atoms with van der Waals surface area (Å²) in [6.45, 7) is 4.62. The molecule has 1 fully saturated rings. The summed E-state index contributed by atoms with van der Waals surface area (Å²) in [5, 5.41) is 0. The number of benzene rings is 5. The summed E-state index contributed by atoms with van der Waals surface area (Å²) in [6.07, 6.45) is 10.1. The Balaban J connectivity index is 0.000000227. The quantitative estimate of drug-likeness (QED) is 0.0268. The molecule has 0 unspecified atom stereocenters. The predicted molar refractivity (Wildman–Crippen MR) is 231 cm³/mol. The van der Waals surface area contributed by atoms with Gasteiger partial charge in [-0.05, 0) is 129 Å². The molecular weight excluding hydrogens is 747 g/mol. The average Bonchev–Trinajstić information content (AvgIpc) is 3.24. The van der Waals surface area contributed by atoms with Crippen molar-refractivity contribution in [3.05, 3.63) is 149 Å². The lowest BCUT2D eigenvalue weighted by molar-refractivity contribution is 0.0144. The topological polar surface area (TPSA) is 175 Å². The maximum atomic E-state index is 12.3. The summed E-state index contributed by atoms with van der Waals surface area (Å²) >= 11 is 0. The number of ether oxygens (including phenoxy) is 5. The molecule has 0 bridgehead atoms. The number of carbonyl (C=O) groups excluding carboxylic acids is 3. The van der Waals surface area contributed by atoms with E-state index in [1.165, 1.54) is 43.4 Å². The summed E-state index contributed by atoms with van der Waals surface area (Å²) < 4.78 is 27.3. The van der Waals surface area contributed by atoms with E-state index in [-0.39, 0.29) is 24.9 Å². The number of nitrogen functional groups attached to an aromatic ring is 3. The molecule has 0 amide bonds. The first-order chi connectivity index (χ1) is 28.6. The van der Waals surface area contributed by atoms with Gasteiger partial charge in [0.15, 0.2) is 5.78 Å². The van der Waals surface area contributed by atoms with E-state index in [4.69, 9.17) is 40.9 Å². The van der Waals surface area contributed by atoms with Crippen LogP contribution in [-0.4, -0.2) is 44.0 Å². The molecule has 11 heteroatoms. The Hall–Kier alpha value is -6.33. The van der Waals surface area contributed by atoms with Crippen LogP contribution >= 0.6 is 0 Å². The first-order valence-corrected chi connectivity index (χ1v) is 20.1. The molecule has 0 aliphatic heterocycles. The van der Waals surface area contributed by atoms with Crippen molar-refractivity contribution >= 4 is 34.8 Å². The van der Waals surface area contributed by atoms with Crippen LogP contribution in [0.15, 0.2) is 115 Å². The van der Waals surface area contributed by atoms with Gasteiger partial charge in [-0.1, -0.05) is 68.7 Å². The number of carbonyl (C=O) groups is 3. The van der Waals surface area contributed by atoms with Crippen LogP contribution in [0.25, 0.3) is 0 Å². The second-order valence-electron chi connectivity index (χ2n) is 14.6. The molecule has 310 valence electrons. The van der Waals surface area contributed by atoms with Crippen molar-refractivity contribution in [1.82, 2.24) is 0 Å². The van der Waals surface area contributed by atoms with E-state index in [1.54, 1.807) is 54.6 Å². The minimum Gasteiger partial charge on any atom is -0.457 e. The highest BCUT2D eigenvalue weighted by Gasteiger charge is 2.23. The fourth-order valence-corrected chi connectivity index (χ4v) is 6.83. The summed E-state index contributed by atoms with van der Waals surface area (Å²) in [4.78, 5) is 36.5. The van der Waals surface area contributed by atoms with Crippen LogP contribution < -0.4 is 26.7 Å². The fraction of sp³-hybridized carbons (Fsp3) is 0.312. The first-order valence-electron chi connectivity index (χ1n) is 20.1. The molecule has 0 atom stereocenters. The summed E-state index contributed by atoms with van der Waals surface area (Å²) in [6, 6.07) is 33.4. The van der Waals surface area contributed by atoms with Crippen LogP contribution in [0, 0.1) is 6.92 Å². The van der Waals surface area contributed by atoms with E-state index in [9.17, 15) is 14.4 Å². The molecule has 6 rings (SSSR count). The van der Waals surface area contributed by atoms with Crippen molar-refractivity contribution in [2.24, 2.45) is 0 Å². The summed E-state index contributed by atoms with van der Waals surface area (Å²) in [7, 11) is 0. The lowest BCUT2D eigenvalue weighted by atomic mass is 9.83. The average molecular weight is 802 g/mol. The Morgan fingerprint density at radius 3 is 1.66 bits per heavy atom. The third-order valence-electron chi connectivity index (χ3n) is 9.91. The molecule has 5 aromatic carbocycles. The van der Waals surface area contributed by atoms with Gasteiger partial charge in [0.2, 0.25) is 13.6 Å². The fourth-order valence-electron chi connectivity index (χ4n) is 6.83. The minimum absolute atomic E-state index is 0.0761. The van der Waals surface area contributed by atoms with Gasteiger partial charge in [-0.15, -0.1) is 0 Å². The molecule has 11 nitrogen and oxygen atoms in total. The van der Waals surface area contributed by atoms with E-state index in [1.807, 2.05) is 43.3 Å². The number of ketones is 1. The van der Waals surface area contributed by atoms with Gasteiger partial charge in [-0.25, -0.2) is 9.59 Å². The molecule has 5 aromatic rings. The highest BCUT2D eigenvalue weighted by molar-refractivity contribution is 6.09. The molecule has 6 N–H and O–H groups in total. The number of unbranched alkanes of at least 4 members (excludes halogenated alkanes) is 3. The van der Waals surface area contributed by atoms with Gasteiger partial charge in [0.05, 0.1) is 17.2 Å². The Kier molecular flexibility index (Phi) is 16.7. The highest BCUT2D eigenvalue weighted by atomic mass is 16.7. The summed E-state index contributed by atoms with van der Waals surface area (Å²) in [5.74, 6) is 0.626. The van der Waals surface area contributed by atoms with Crippen LogP contribution in [-0.2, 0) is 14.2 Å². The Labute approximate surface area is 346 Å². The molecular formula is C48H55N3O8. The normalized spacial score (nSPS) is 14.6. The number of anilines is 3. The van der Waals surface area contributed by atoms with Crippen molar-refractivity contribution in [3.8, 4) is 11.5 Å². The number of hydrogen-bond acceptors (Lipinski definition) is 11. The van der Waals surface area contributed by atoms with Crippen molar-refractivity contribution in [3.63, 3.8) is 0 Å². The van der Waals surface area contributed by atoms with E-state index >= 15 is 0 Å². The van der Waals surface area contributed by atoms with Crippen molar-refractivity contribution in [2.75, 3.05) is 37.4 Å². The molecule has 0 saturated heterocycles.